The summed E-state index contributed by atoms with van der Waals surface area (Å²) in [6.07, 6.45) is 0. The summed E-state index contributed by atoms with van der Waals surface area (Å²) in [7, 11) is 1.66. The number of hydrogen-bond acceptors (Lipinski definition) is 2. The third-order valence-corrected chi connectivity index (χ3v) is 2.88. The lowest BCUT2D eigenvalue weighted by Gasteiger charge is -2.18. The van der Waals surface area contributed by atoms with E-state index in [1.807, 2.05) is 0 Å². The average molecular weight is 281 g/mol. The molecule has 0 spiro atoms. The molecule has 0 amide bonds. The van der Waals surface area contributed by atoms with Crippen LogP contribution >= 0.6 is 0 Å². The normalized spacial score (nSPS) is 12.2. The highest BCUT2D eigenvalue weighted by atomic mass is 19.1. The molecule has 1 N–H and O–H groups in total. The van der Waals surface area contributed by atoms with Gasteiger partial charge in [0.15, 0.2) is 0 Å². The van der Waals surface area contributed by atoms with Gasteiger partial charge < -0.3 is 10.1 Å². The van der Waals surface area contributed by atoms with Crippen LogP contribution in [0.25, 0.3) is 0 Å². The van der Waals surface area contributed by atoms with Gasteiger partial charge in [0.1, 0.15) is 29.8 Å². The van der Waals surface area contributed by atoms with E-state index in [0.717, 1.165) is 18.2 Å². The van der Waals surface area contributed by atoms with E-state index in [0.29, 0.717) is 5.56 Å². The molecule has 1 atom stereocenters. The standard InChI is InChI=1S/C15H14F3NO/c1-19-15(13-4-2-3-5-14(13)18)9-20-12-7-10(16)6-11(17)8-12/h2-8,15,19H,9H2,1H3. The number of hydrogen-bond donors (Lipinski definition) is 1. The average Bonchev–Trinajstić information content (AvgIpc) is 2.40. The Balaban J connectivity index is 2.10. The van der Waals surface area contributed by atoms with Crippen LogP contribution < -0.4 is 10.1 Å². The van der Waals surface area contributed by atoms with E-state index in [4.69, 9.17) is 4.74 Å². The Morgan fingerprint density at radius 3 is 2.30 bits per heavy atom. The Hall–Kier alpha value is -2.01. The zero-order chi connectivity index (χ0) is 14.5. The fourth-order valence-electron chi connectivity index (χ4n) is 1.88. The Kier molecular flexibility index (Phi) is 4.63. The van der Waals surface area contributed by atoms with Crippen molar-refractivity contribution in [1.29, 1.82) is 0 Å². The molecule has 2 aromatic carbocycles. The summed E-state index contributed by atoms with van der Waals surface area (Å²) in [6.45, 7) is 0.0559. The number of halogens is 3. The maximum absolute atomic E-state index is 13.7. The van der Waals surface area contributed by atoms with Gasteiger partial charge in [-0.25, -0.2) is 13.2 Å². The minimum atomic E-state index is -0.716. The second kappa shape index (κ2) is 6.43. The lowest BCUT2D eigenvalue weighted by atomic mass is 10.1. The van der Waals surface area contributed by atoms with Crippen molar-refractivity contribution in [2.24, 2.45) is 0 Å². The van der Waals surface area contributed by atoms with Crippen LogP contribution in [0.1, 0.15) is 11.6 Å². The minimum Gasteiger partial charge on any atom is -0.491 e. The fourth-order valence-corrected chi connectivity index (χ4v) is 1.88. The van der Waals surface area contributed by atoms with Gasteiger partial charge in [-0.1, -0.05) is 18.2 Å². The summed E-state index contributed by atoms with van der Waals surface area (Å²) >= 11 is 0. The van der Waals surface area contributed by atoms with Crippen molar-refractivity contribution >= 4 is 0 Å². The van der Waals surface area contributed by atoms with Crippen molar-refractivity contribution in [2.45, 2.75) is 6.04 Å². The Morgan fingerprint density at radius 2 is 1.70 bits per heavy atom. The predicted molar refractivity (Wildman–Crippen MR) is 70.1 cm³/mol. The van der Waals surface area contributed by atoms with Crippen LogP contribution in [0.3, 0.4) is 0 Å². The molecule has 1 unspecified atom stereocenters. The summed E-state index contributed by atoms with van der Waals surface area (Å²) in [4.78, 5) is 0. The van der Waals surface area contributed by atoms with Crippen LogP contribution in [0.5, 0.6) is 5.75 Å². The van der Waals surface area contributed by atoms with Crippen LogP contribution in [0, 0.1) is 17.5 Å². The summed E-state index contributed by atoms with van der Waals surface area (Å²) in [5, 5.41) is 2.91. The summed E-state index contributed by atoms with van der Waals surface area (Å²) in [5.41, 5.74) is 0.437. The molecule has 0 bridgehead atoms. The van der Waals surface area contributed by atoms with Gasteiger partial charge >= 0.3 is 0 Å². The van der Waals surface area contributed by atoms with Crippen molar-refractivity contribution in [1.82, 2.24) is 5.32 Å². The van der Waals surface area contributed by atoms with E-state index in [1.165, 1.54) is 6.07 Å². The number of ether oxygens (including phenoxy) is 1. The first-order valence-electron chi connectivity index (χ1n) is 6.10. The highest BCUT2D eigenvalue weighted by Crippen LogP contribution is 2.20. The van der Waals surface area contributed by atoms with Gasteiger partial charge in [-0.3, -0.25) is 0 Å². The second-order valence-corrected chi connectivity index (χ2v) is 4.28. The maximum Gasteiger partial charge on any atom is 0.129 e. The molecule has 0 aromatic heterocycles. The van der Waals surface area contributed by atoms with Crippen LogP contribution in [0.4, 0.5) is 13.2 Å². The molecule has 0 heterocycles. The molecule has 0 fully saturated rings. The first kappa shape index (κ1) is 14.4. The van der Waals surface area contributed by atoms with Gasteiger partial charge in [-0.05, 0) is 13.1 Å². The van der Waals surface area contributed by atoms with Crippen LogP contribution in [0.2, 0.25) is 0 Å². The molecule has 106 valence electrons. The van der Waals surface area contributed by atoms with Crippen molar-refractivity contribution in [3.8, 4) is 5.75 Å². The number of nitrogens with one attached hydrogen (secondary N) is 1. The van der Waals surface area contributed by atoms with Gasteiger partial charge in [0.2, 0.25) is 0 Å². The van der Waals surface area contributed by atoms with Crippen LogP contribution in [-0.2, 0) is 0 Å². The Bertz CT molecular complexity index is 569. The molecule has 0 aliphatic rings. The van der Waals surface area contributed by atoms with Gasteiger partial charge in [-0.2, -0.15) is 0 Å². The molecular weight excluding hydrogens is 267 g/mol. The van der Waals surface area contributed by atoms with E-state index >= 15 is 0 Å². The smallest absolute Gasteiger partial charge is 0.129 e. The Labute approximate surface area is 115 Å². The van der Waals surface area contributed by atoms with E-state index < -0.39 is 17.7 Å². The van der Waals surface area contributed by atoms with E-state index in [9.17, 15) is 13.2 Å². The first-order valence-corrected chi connectivity index (χ1v) is 6.10. The molecule has 2 rings (SSSR count). The summed E-state index contributed by atoms with van der Waals surface area (Å²) < 4.78 is 45.0. The molecule has 20 heavy (non-hydrogen) atoms. The number of benzene rings is 2. The predicted octanol–water partition coefficient (Wildman–Crippen LogP) is 3.44. The van der Waals surface area contributed by atoms with E-state index in [-0.39, 0.29) is 18.2 Å². The van der Waals surface area contributed by atoms with Crippen molar-refractivity contribution in [3.63, 3.8) is 0 Å². The topological polar surface area (TPSA) is 21.3 Å². The van der Waals surface area contributed by atoms with Crippen LogP contribution in [-0.4, -0.2) is 13.7 Å². The van der Waals surface area contributed by atoms with Crippen molar-refractivity contribution < 1.29 is 17.9 Å². The third kappa shape index (κ3) is 3.51. The molecule has 0 saturated carbocycles. The second-order valence-electron chi connectivity index (χ2n) is 4.28. The molecule has 2 nitrogen and oxygen atoms in total. The highest BCUT2D eigenvalue weighted by Gasteiger charge is 2.14. The zero-order valence-corrected chi connectivity index (χ0v) is 10.9. The first-order chi connectivity index (χ1) is 9.60. The molecule has 0 aliphatic heterocycles. The molecule has 0 aliphatic carbocycles. The van der Waals surface area contributed by atoms with E-state index in [2.05, 4.69) is 5.32 Å². The maximum atomic E-state index is 13.7. The third-order valence-electron chi connectivity index (χ3n) is 2.88. The minimum absolute atomic E-state index is 0.0559. The van der Waals surface area contributed by atoms with Crippen LogP contribution in [0.15, 0.2) is 42.5 Å². The van der Waals surface area contributed by atoms with Gasteiger partial charge in [0, 0.05) is 23.8 Å². The summed E-state index contributed by atoms with van der Waals surface area (Å²) in [6, 6.07) is 8.79. The molecule has 0 radical (unpaired) electrons. The quantitative estimate of drug-likeness (QED) is 0.906. The van der Waals surface area contributed by atoms with Gasteiger partial charge in [0.05, 0.1) is 6.04 Å². The highest BCUT2D eigenvalue weighted by molar-refractivity contribution is 5.25. The van der Waals surface area contributed by atoms with Crippen molar-refractivity contribution in [2.75, 3.05) is 13.7 Å². The monoisotopic (exact) mass is 281 g/mol. The van der Waals surface area contributed by atoms with Crippen molar-refractivity contribution in [3.05, 3.63) is 65.5 Å². The zero-order valence-electron chi connectivity index (χ0n) is 10.9. The molecular formula is C15H14F3NO. The lowest BCUT2D eigenvalue weighted by Crippen LogP contribution is -2.24. The largest absolute Gasteiger partial charge is 0.491 e. The van der Waals surface area contributed by atoms with Gasteiger partial charge in [0.25, 0.3) is 0 Å². The number of rotatable bonds is 5. The lowest BCUT2D eigenvalue weighted by molar-refractivity contribution is 0.267. The Morgan fingerprint density at radius 1 is 1.05 bits per heavy atom. The summed E-state index contributed by atoms with van der Waals surface area (Å²) in [5.74, 6) is -1.72. The fraction of sp³-hybridized carbons (Fsp3) is 0.200. The number of likely N-dealkylation sites (N-methyl/N-ethyl adjacent to an activating group) is 1. The molecule has 2 aromatic rings. The molecule has 0 saturated heterocycles. The van der Waals surface area contributed by atoms with E-state index in [1.54, 1.807) is 25.2 Å². The van der Waals surface area contributed by atoms with Gasteiger partial charge in [-0.15, -0.1) is 0 Å². The SMILES string of the molecule is CNC(COc1cc(F)cc(F)c1)c1ccccc1F. The molecule has 5 heteroatoms.